The van der Waals surface area contributed by atoms with E-state index in [1.165, 1.54) is 6.07 Å². The fourth-order valence-corrected chi connectivity index (χ4v) is 3.48. The Labute approximate surface area is 164 Å². The first-order valence-corrected chi connectivity index (χ1v) is 9.51. The quantitative estimate of drug-likeness (QED) is 0.686. The molecule has 3 rings (SSSR count). The van der Waals surface area contributed by atoms with E-state index in [1.807, 2.05) is 19.1 Å². The lowest BCUT2D eigenvalue weighted by molar-refractivity contribution is -0.116. The second-order valence-corrected chi connectivity index (χ2v) is 7.25. The van der Waals surface area contributed by atoms with Gasteiger partial charge in [-0.05, 0) is 44.0 Å². The van der Waals surface area contributed by atoms with Gasteiger partial charge in [0.15, 0.2) is 0 Å². The van der Waals surface area contributed by atoms with Crippen molar-refractivity contribution in [1.29, 1.82) is 0 Å². The van der Waals surface area contributed by atoms with E-state index in [0.717, 1.165) is 12.8 Å². The molecule has 2 aromatic rings. The summed E-state index contributed by atoms with van der Waals surface area (Å²) in [6.45, 7) is 2.56. The number of methoxy groups -OCH3 is 1. The predicted octanol–water partition coefficient (Wildman–Crippen LogP) is 5.04. The van der Waals surface area contributed by atoms with Gasteiger partial charge in [0.05, 0.1) is 12.8 Å². The molecule has 1 aliphatic carbocycles. The zero-order valence-electron chi connectivity index (χ0n) is 15.5. The lowest BCUT2D eigenvalue weighted by Crippen LogP contribution is -2.33. The molecule has 0 saturated heterocycles. The van der Waals surface area contributed by atoms with Gasteiger partial charge >= 0.3 is 0 Å². The van der Waals surface area contributed by atoms with Crippen LogP contribution in [0.2, 0.25) is 5.02 Å². The van der Waals surface area contributed by atoms with Crippen LogP contribution in [0.1, 0.15) is 37.8 Å². The van der Waals surface area contributed by atoms with Gasteiger partial charge in [-0.3, -0.25) is 9.69 Å². The molecule has 6 heteroatoms. The third kappa shape index (κ3) is 4.99. The van der Waals surface area contributed by atoms with Crippen molar-refractivity contribution in [3.05, 3.63) is 58.9 Å². The maximum absolute atomic E-state index is 14.2. The van der Waals surface area contributed by atoms with Crippen LogP contribution < -0.4 is 10.1 Å². The number of rotatable bonds is 8. The number of amides is 1. The van der Waals surface area contributed by atoms with Crippen molar-refractivity contribution in [3.8, 4) is 5.75 Å². The van der Waals surface area contributed by atoms with Crippen LogP contribution in [0.25, 0.3) is 0 Å². The van der Waals surface area contributed by atoms with Gasteiger partial charge in [-0.1, -0.05) is 29.8 Å². The molecule has 144 valence electrons. The normalized spacial score (nSPS) is 14.9. The fourth-order valence-electron chi connectivity index (χ4n) is 3.31. The molecule has 0 radical (unpaired) electrons. The molecule has 27 heavy (non-hydrogen) atoms. The van der Waals surface area contributed by atoms with Crippen LogP contribution in [0.15, 0.2) is 42.5 Å². The average Bonchev–Trinajstić information content (AvgIpc) is 3.47. The Hall–Kier alpha value is -2.11. The highest BCUT2D eigenvalue weighted by Gasteiger charge is 2.33. The van der Waals surface area contributed by atoms with E-state index in [0.29, 0.717) is 41.0 Å². The van der Waals surface area contributed by atoms with E-state index in [-0.39, 0.29) is 17.8 Å². The van der Waals surface area contributed by atoms with Crippen molar-refractivity contribution in [2.75, 3.05) is 19.0 Å². The zero-order valence-corrected chi connectivity index (χ0v) is 16.3. The molecule has 1 unspecified atom stereocenters. The second-order valence-electron chi connectivity index (χ2n) is 6.81. The minimum atomic E-state index is -0.205. The minimum absolute atomic E-state index is 0.0767. The molecule has 1 aliphatic rings. The summed E-state index contributed by atoms with van der Waals surface area (Å²) < 4.78 is 19.4. The number of benzene rings is 2. The van der Waals surface area contributed by atoms with Gasteiger partial charge in [-0.15, -0.1) is 0 Å². The number of nitrogens with zero attached hydrogens (tertiary/aromatic N) is 1. The van der Waals surface area contributed by atoms with Crippen LogP contribution in [0.5, 0.6) is 5.75 Å². The number of hydrogen-bond donors (Lipinski definition) is 1. The number of halogens is 2. The SMILES string of the molecule is COc1ccc(Cl)cc1NC(=O)CCN(C1CC1)C(C)c1ccccc1F. The number of nitrogens with one attached hydrogen (secondary N) is 1. The Kier molecular flexibility index (Phi) is 6.34. The molecule has 2 aromatic carbocycles. The Morgan fingerprint density at radius 3 is 2.74 bits per heavy atom. The average molecular weight is 391 g/mol. The van der Waals surface area contributed by atoms with Crippen LogP contribution in [0.3, 0.4) is 0 Å². The van der Waals surface area contributed by atoms with E-state index in [2.05, 4.69) is 10.2 Å². The van der Waals surface area contributed by atoms with Crippen LogP contribution >= 0.6 is 11.6 Å². The molecular weight excluding hydrogens is 367 g/mol. The first-order valence-electron chi connectivity index (χ1n) is 9.13. The molecule has 4 nitrogen and oxygen atoms in total. The third-order valence-electron chi connectivity index (χ3n) is 4.90. The van der Waals surface area contributed by atoms with Gasteiger partial charge in [0.1, 0.15) is 11.6 Å². The zero-order chi connectivity index (χ0) is 19.4. The van der Waals surface area contributed by atoms with Gasteiger partial charge in [-0.2, -0.15) is 0 Å². The Morgan fingerprint density at radius 2 is 2.07 bits per heavy atom. The summed E-state index contributed by atoms with van der Waals surface area (Å²) in [4.78, 5) is 14.7. The number of ether oxygens (including phenoxy) is 1. The van der Waals surface area contributed by atoms with Gasteiger partial charge in [0, 0.05) is 35.6 Å². The largest absolute Gasteiger partial charge is 0.495 e. The third-order valence-corrected chi connectivity index (χ3v) is 5.14. The van der Waals surface area contributed by atoms with E-state index < -0.39 is 0 Å². The molecule has 0 bridgehead atoms. The molecule has 1 atom stereocenters. The van der Waals surface area contributed by atoms with Gasteiger partial charge < -0.3 is 10.1 Å². The molecule has 1 amide bonds. The second kappa shape index (κ2) is 8.72. The summed E-state index contributed by atoms with van der Waals surface area (Å²) in [7, 11) is 1.55. The van der Waals surface area contributed by atoms with Crippen molar-refractivity contribution in [2.24, 2.45) is 0 Å². The van der Waals surface area contributed by atoms with E-state index >= 15 is 0 Å². The molecule has 0 heterocycles. The van der Waals surface area contributed by atoms with Crippen molar-refractivity contribution in [3.63, 3.8) is 0 Å². The van der Waals surface area contributed by atoms with E-state index in [1.54, 1.807) is 31.4 Å². The molecule has 0 aromatic heterocycles. The predicted molar refractivity (Wildman–Crippen MR) is 106 cm³/mol. The van der Waals surface area contributed by atoms with Gasteiger partial charge in [0.25, 0.3) is 0 Å². The minimum Gasteiger partial charge on any atom is -0.495 e. The molecule has 1 N–H and O–H groups in total. The van der Waals surface area contributed by atoms with Crippen LogP contribution in [-0.2, 0) is 4.79 Å². The summed E-state index contributed by atoms with van der Waals surface area (Å²) in [6.07, 6.45) is 2.48. The maximum Gasteiger partial charge on any atom is 0.225 e. The topological polar surface area (TPSA) is 41.6 Å². The summed E-state index contributed by atoms with van der Waals surface area (Å²) >= 11 is 6.01. The summed E-state index contributed by atoms with van der Waals surface area (Å²) in [5, 5.41) is 3.38. The first kappa shape index (κ1) is 19.6. The highest BCUT2D eigenvalue weighted by molar-refractivity contribution is 6.31. The first-order chi connectivity index (χ1) is 13.0. The lowest BCUT2D eigenvalue weighted by atomic mass is 10.1. The van der Waals surface area contributed by atoms with E-state index in [4.69, 9.17) is 16.3 Å². The standard InChI is InChI=1S/C21H24ClFN2O2/c1-14(17-5-3-4-6-18(17)23)25(16-8-9-16)12-11-21(26)24-19-13-15(22)7-10-20(19)27-2/h3-7,10,13-14,16H,8-9,11-12H2,1-2H3,(H,24,26). The summed E-state index contributed by atoms with van der Waals surface area (Å²) in [5.74, 6) is 0.234. The lowest BCUT2D eigenvalue weighted by Gasteiger charge is -2.29. The fraction of sp³-hybridized carbons (Fsp3) is 0.381. The molecule has 0 aliphatic heterocycles. The van der Waals surface area contributed by atoms with Crippen LogP contribution in [-0.4, -0.2) is 30.5 Å². The van der Waals surface area contributed by atoms with Gasteiger partial charge in [-0.25, -0.2) is 4.39 Å². The molecule has 0 spiro atoms. The van der Waals surface area contributed by atoms with Crippen LogP contribution in [0.4, 0.5) is 10.1 Å². The molecule has 1 saturated carbocycles. The number of carbonyl (C=O) groups is 1. The molecular formula is C21H24ClFN2O2. The van der Waals surface area contributed by atoms with Crippen molar-refractivity contribution in [2.45, 2.75) is 38.3 Å². The number of anilines is 1. The number of hydrogen-bond acceptors (Lipinski definition) is 3. The Morgan fingerprint density at radius 1 is 1.33 bits per heavy atom. The summed E-state index contributed by atoms with van der Waals surface area (Å²) in [6, 6.07) is 12.3. The monoisotopic (exact) mass is 390 g/mol. The number of carbonyl (C=O) groups excluding carboxylic acids is 1. The highest BCUT2D eigenvalue weighted by atomic mass is 35.5. The maximum atomic E-state index is 14.2. The highest BCUT2D eigenvalue weighted by Crippen LogP contribution is 2.35. The Bertz CT molecular complexity index is 811. The van der Waals surface area contributed by atoms with Crippen molar-refractivity contribution >= 4 is 23.2 Å². The Balaban J connectivity index is 1.64. The van der Waals surface area contributed by atoms with E-state index in [9.17, 15) is 9.18 Å². The van der Waals surface area contributed by atoms with Gasteiger partial charge in [0.2, 0.25) is 5.91 Å². The van der Waals surface area contributed by atoms with Crippen LogP contribution in [0, 0.1) is 5.82 Å². The smallest absolute Gasteiger partial charge is 0.225 e. The van der Waals surface area contributed by atoms with Crippen molar-refractivity contribution in [1.82, 2.24) is 4.90 Å². The molecule has 1 fully saturated rings. The summed E-state index contributed by atoms with van der Waals surface area (Å²) in [5.41, 5.74) is 1.22. The van der Waals surface area contributed by atoms with Crippen molar-refractivity contribution < 1.29 is 13.9 Å².